The van der Waals surface area contributed by atoms with Crippen molar-refractivity contribution in [3.63, 3.8) is 0 Å². The van der Waals surface area contributed by atoms with Gasteiger partial charge < -0.3 is 14.8 Å². The molecule has 0 unspecified atom stereocenters. The number of benzene rings is 2. The molecule has 36 heavy (non-hydrogen) atoms. The third-order valence-electron chi connectivity index (χ3n) is 4.92. The van der Waals surface area contributed by atoms with Crippen LogP contribution >= 0.6 is 0 Å². The number of aromatic nitrogens is 2. The standard InChI is InChI=1S/C25H26N4O7/c1-4-35-25(32)24-22(14-28(27-24)19-9-11-20(12-10-19)29(33)34)36-15-21(30)17-5-7-18(8-6-17)26-23(31)13-16(2)3/h5-12,14,16H,4,13,15H2,1-3H3,(H,26,31). The minimum atomic E-state index is -0.734. The molecule has 1 amide bonds. The van der Waals surface area contributed by atoms with Crippen molar-refractivity contribution in [2.75, 3.05) is 18.5 Å². The first kappa shape index (κ1) is 26.1. The Morgan fingerprint density at radius 2 is 1.75 bits per heavy atom. The van der Waals surface area contributed by atoms with Crippen LogP contribution in [-0.2, 0) is 9.53 Å². The van der Waals surface area contributed by atoms with Gasteiger partial charge in [0.05, 0.1) is 23.4 Å². The quantitative estimate of drug-likeness (QED) is 0.181. The van der Waals surface area contributed by atoms with Gasteiger partial charge in [0.2, 0.25) is 11.6 Å². The van der Waals surface area contributed by atoms with Gasteiger partial charge in [-0.3, -0.25) is 19.7 Å². The maximum absolute atomic E-state index is 12.7. The molecule has 0 aliphatic heterocycles. The second kappa shape index (κ2) is 11.7. The van der Waals surface area contributed by atoms with Crippen LogP contribution in [0.3, 0.4) is 0 Å². The number of esters is 1. The van der Waals surface area contributed by atoms with E-state index in [1.165, 1.54) is 35.1 Å². The molecule has 11 nitrogen and oxygen atoms in total. The van der Waals surface area contributed by atoms with Crippen LogP contribution in [0.15, 0.2) is 54.7 Å². The third-order valence-corrected chi connectivity index (χ3v) is 4.92. The Labute approximate surface area is 207 Å². The molecule has 0 aliphatic carbocycles. The van der Waals surface area contributed by atoms with E-state index in [1.807, 2.05) is 13.8 Å². The Balaban J connectivity index is 1.73. The highest BCUT2D eigenvalue weighted by Gasteiger charge is 2.21. The lowest BCUT2D eigenvalue weighted by molar-refractivity contribution is -0.384. The monoisotopic (exact) mass is 494 g/mol. The summed E-state index contributed by atoms with van der Waals surface area (Å²) in [6, 6.07) is 11.9. The number of anilines is 1. The van der Waals surface area contributed by atoms with E-state index in [-0.39, 0.29) is 48.0 Å². The van der Waals surface area contributed by atoms with E-state index < -0.39 is 10.9 Å². The van der Waals surface area contributed by atoms with Crippen LogP contribution in [0.2, 0.25) is 0 Å². The van der Waals surface area contributed by atoms with E-state index in [9.17, 15) is 24.5 Å². The van der Waals surface area contributed by atoms with Gasteiger partial charge in [-0.2, -0.15) is 5.10 Å². The molecule has 0 saturated heterocycles. The summed E-state index contributed by atoms with van der Waals surface area (Å²) in [7, 11) is 0. The average Bonchev–Trinajstić information content (AvgIpc) is 3.27. The summed E-state index contributed by atoms with van der Waals surface area (Å²) >= 11 is 0. The van der Waals surface area contributed by atoms with Gasteiger partial charge in [0, 0.05) is 29.8 Å². The molecule has 3 rings (SSSR count). The molecule has 11 heteroatoms. The topological polar surface area (TPSA) is 143 Å². The van der Waals surface area contributed by atoms with Crippen molar-refractivity contribution in [2.45, 2.75) is 27.2 Å². The maximum Gasteiger partial charge on any atom is 0.362 e. The highest BCUT2D eigenvalue weighted by atomic mass is 16.6. The predicted molar refractivity (Wildman–Crippen MR) is 131 cm³/mol. The van der Waals surface area contributed by atoms with Crippen LogP contribution in [0.25, 0.3) is 5.69 Å². The van der Waals surface area contributed by atoms with Gasteiger partial charge in [-0.15, -0.1) is 0 Å². The first-order chi connectivity index (χ1) is 17.2. The van der Waals surface area contributed by atoms with Crippen molar-refractivity contribution in [1.29, 1.82) is 0 Å². The molecule has 1 aromatic heterocycles. The predicted octanol–water partition coefficient (Wildman–Crippen LogP) is 4.20. The van der Waals surface area contributed by atoms with E-state index in [2.05, 4.69) is 10.4 Å². The molecule has 0 bridgehead atoms. The zero-order valence-electron chi connectivity index (χ0n) is 20.1. The number of nitro benzene ring substituents is 1. The Kier molecular flexibility index (Phi) is 8.50. The number of carbonyl (C=O) groups excluding carboxylic acids is 3. The first-order valence-electron chi connectivity index (χ1n) is 11.3. The number of rotatable bonds is 11. The number of ketones is 1. The molecule has 0 saturated carbocycles. The number of nitro groups is 1. The zero-order valence-corrected chi connectivity index (χ0v) is 20.1. The molecule has 2 aromatic carbocycles. The molecule has 1 N–H and O–H groups in total. The number of hydrogen-bond acceptors (Lipinski definition) is 8. The summed E-state index contributed by atoms with van der Waals surface area (Å²) in [5.74, 6) is -0.941. The molecule has 0 spiro atoms. The summed E-state index contributed by atoms with van der Waals surface area (Å²) in [4.78, 5) is 47.3. The van der Waals surface area contributed by atoms with Crippen molar-refractivity contribution in [3.8, 4) is 11.4 Å². The summed E-state index contributed by atoms with van der Waals surface area (Å²) in [6.07, 6.45) is 1.79. The minimum Gasteiger partial charge on any atom is -0.481 e. The molecule has 188 valence electrons. The molecule has 0 radical (unpaired) electrons. The van der Waals surface area contributed by atoms with Gasteiger partial charge >= 0.3 is 5.97 Å². The smallest absolute Gasteiger partial charge is 0.362 e. The van der Waals surface area contributed by atoms with Crippen LogP contribution in [0, 0.1) is 16.0 Å². The van der Waals surface area contributed by atoms with Crippen molar-refractivity contribution >= 4 is 29.0 Å². The van der Waals surface area contributed by atoms with E-state index in [0.29, 0.717) is 23.4 Å². The SMILES string of the molecule is CCOC(=O)c1nn(-c2ccc([N+](=O)[O-])cc2)cc1OCC(=O)c1ccc(NC(=O)CC(C)C)cc1. The van der Waals surface area contributed by atoms with Crippen molar-refractivity contribution in [1.82, 2.24) is 9.78 Å². The van der Waals surface area contributed by atoms with Gasteiger partial charge in [0.15, 0.2) is 18.1 Å². The minimum absolute atomic E-state index is 0.0257. The summed E-state index contributed by atoms with van der Waals surface area (Å²) in [5, 5.41) is 17.8. The molecule has 0 fully saturated rings. The van der Waals surface area contributed by atoms with Gasteiger partial charge in [-0.1, -0.05) is 13.8 Å². The van der Waals surface area contributed by atoms with Crippen LogP contribution in [-0.4, -0.2) is 45.6 Å². The average molecular weight is 495 g/mol. The fraction of sp³-hybridized carbons (Fsp3) is 0.280. The van der Waals surface area contributed by atoms with Crippen molar-refractivity contribution < 1.29 is 28.8 Å². The number of Topliss-reactive ketones (excluding diaryl/α,β-unsaturated/α-hetero) is 1. The molecule has 0 atom stereocenters. The molecule has 1 heterocycles. The van der Waals surface area contributed by atoms with E-state index in [0.717, 1.165) is 0 Å². The van der Waals surface area contributed by atoms with E-state index in [1.54, 1.807) is 31.2 Å². The van der Waals surface area contributed by atoms with E-state index in [4.69, 9.17) is 9.47 Å². The van der Waals surface area contributed by atoms with Gasteiger partial charge in [0.25, 0.3) is 5.69 Å². The fourth-order valence-corrected chi connectivity index (χ4v) is 3.21. The lowest BCUT2D eigenvalue weighted by Gasteiger charge is -2.08. The lowest BCUT2D eigenvalue weighted by Crippen LogP contribution is -2.15. The number of non-ortho nitro benzene ring substituents is 1. The van der Waals surface area contributed by atoms with Gasteiger partial charge in [0.1, 0.15) is 0 Å². The number of hydrogen-bond donors (Lipinski definition) is 1. The third kappa shape index (κ3) is 6.75. The van der Waals surface area contributed by atoms with Crippen molar-refractivity contribution in [3.05, 3.63) is 76.1 Å². The Hall–Kier alpha value is -4.54. The molecular formula is C25H26N4O7. The molecule has 3 aromatic rings. The highest BCUT2D eigenvalue weighted by molar-refractivity contribution is 5.98. The Morgan fingerprint density at radius 1 is 1.08 bits per heavy atom. The Bertz CT molecular complexity index is 1250. The normalized spacial score (nSPS) is 10.7. The summed E-state index contributed by atoms with van der Waals surface area (Å²) < 4.78 is 11.9. The van der Waals surface area contributed by atoms with Gasteiger partial charge in [-0.25, -0.2) is 9.48 Å². The maximum atomic E-state index is 12.7. The largest absolute Gasteiger partial charge is 0.481 e. The number of nitrogens with zero attached hydrogens (tertiary/aromatic N) is 3. The number of amides is 1. The molecule has 0 aliphatic rings. The second-order valence-electron chi connectivity index (χ2n) is 8.22. The van der Waals surface area contributed by atoms with Crippen molar-refractivity contribution in [2.24, 2.45) is 5.92 Å². The second-order valence-corrected chi connectivity index (χ2v) is 8.22. The number of carbonyl (C=O) groups is 3. The summed E-state index contributed by atoms with van der Waals surface area (Å²) in [6.45, 7) is 5.28. The summed E-state index contributed by atoms with van der Waals surface area (Å²) in [5.41, 5.74) is 1.15. The lowest BCUT2D eigenvalue weighted by atomic mass is 10.1. The number of ether oxygens (including phenoxy) is 2. The fourth-order valence-electron chi connectivity index (χ4n) is 3.21. The number of nitrogens with one attached hydrogen (secondary N) is 1. The molecular weight excluding hydrogens is 468 g/mol. The van der Waals surface area contributed by atoms with Crippen LogP contribution < -0.4 is 10.1 Å². The van der Waals surface area contributed by atoms with E-state index >= 15 is 0 Å². The van der Waals surface area contributed by atoms with Gasteiger partial charge in [-0.05, 0) is 49.2 Å². The Morgan fingerprint density at radius 3 is 2.33 bits per heavy atom. The van der Waals surface area contributed by atoms with Crippen LogP contribution in [0.1, 0.15) is 48.0 Å². The van der Waals surface area contributed by atoms with Crippen LogP contribution in [0.4, 0.5) is 11.4 Å². The highest BCUT2D eigenvalue weighted by Crippen LogP contribution is 2.23. The zero-order chi connectivity index (χ0) is 26.2. The van der Waals surface area contributed by atoms with Crippen LogP contribution in [0.5, 0.6) is 5.75 Å². The first-order valence-corrected chi connectivity index (χ1v) is 11.3.